The first kappa shape index (κ1) is 10.7. The van der Waals surface area contributed by atoms with Crippen LogP contribution in [0.15, 0.2) is 28.9 Å². The molecule has 2 rings (SSSR count). The zero-order valence-corrected chi connectivity index (χ0v) is 9.80. The molecule has 1 atom stereocenters. The Bertz CT molecular complexity index is 463. The molecule has 3 nitrogen and oxygen atoms in total. The molecule has 0 amide bonds. The second-order valence-corrected chi connectivity index (χ2v) is 4.54. The van der Waals surface area contributed by atoms with Crippen LogP contribution in [-0.4, -0.2) is 14.7 Å². The number of hydrogen-bond donors (Lipinski definition) is 1. The quantitative estimate of drug-likeness (QED) is 0.924. The Balaban J connectivity index is 2.42. The summed E-state index contributed by atoms with van der Waals surface area (Å²) in [6, 6.07) is 4.78. The van der Waals surface area contributed by atoms with Gasteiger partial charge in [-0.2, -0.15) is 0 Å². The average molecular weight is 289 g/mol. The maximum absolute atomic E-state index is 13.6. The highest BCUT2D eigenvalue weighted by molar-refractivity contribution is 9.10. The lowest BCUT2D eigenvalue weighted by Crippen LogP contribution is -2.00. The van der Waals surface area contributed by atoms with Crippen LogP contribution < -0.4 is 0 Å². The van der Waals surface area contributed by atoms with E-state index < -0.39 is 11.9 Å². The lowest BCUT2D eigenvalue weighted by atomic mass is 10.1. The number of aliphatic hydroxyl groups is 1. The van der Waals surface area contributed by atoms with Gasteiger partial charge in [0.05, 0.1) is 15.5 Å². The second-order valence-electron chi connectivity index (χ2n) is 2.87. The van der Waals surface area contributed by atoms with Crippen molar-refractivity contribution in [2.24, 2.45) is 0 Å². The summed E-state index contributed by atoms with van der Waals surface area (Å²) in [5, 5.41) is 13.5. The molecule has 0 fully saturated rings. The van der Waals surface area contributed by atoms with Gasteiger partial charge < -0.3 is 5.11 Å². The van der Waals surface area contributed by atoms with Crippen LogP contribution in [-0.2, 0) is 0 Å². The van der Waals surface area contributed by atoms with E-state index in [1.807, 2.05) is 0 Å². The van der Waals surface area contributed by atoms with Gasteiger partial charge in [0.1, 0.15) is 11.9 Å². The molecule has 0 saturated heterocycles. The van der Waals surface area contributed by atoms with Gasteiger partial charge in [-0.05, 0) is 33.5 Å². The molecule has 6 heteroatoms. The van der Waals surface area contributed by atoms with Gasteiger partial charge >= 0.3 is 0 Å². The van der Waals surface area contributed by atoms with E-state index in [2.05, 4.69) is 25.5 Å². The Kier molecular flexibility index (Phi) is 3.08. The summed E-state index contributed by atoms with van der Waals surface area (Å²) in [7, 11) is 0. The number of aromatic nitrogens is 2. The number of aliphatic hydroxyl groups excluding tert-OH is 1. The molecule has 1 unspecified atom stereocenters. The number of hydrogen-bond acceptors (Lipinski definition) is 4. The fourth-order valence-electron chi connectivity index (χ4n) is 1.18. The summed E-state index contributed by atoms with van der Waals surface area (Å²) in [4.78, 5) is 0.520. The van der Waals surface area contributed by atoms with E-state index in [9.17, 15) is 9.50 Å². The van der Waals surface area contributed by atoms with Crippen LogP contribution in [0, 0.1) is 5.82 Å². The van der Waals surface area contributed by atoms with Crippen molar-refractivity contribution in [1.82, 2.24) is 9.59 Å². The fourth-order valence-corrected chi connectivity index (χ4v) is 2.07. The van der Waals surface area contributed by atoms with E-state index >= 15 is 0 Å². The summed E-state index contributed by atoms with van der Waals surface area (Å²) in [6.45, 7) is 0. The van der Waals surface area contributed by atoms with Crippen molar-refractivity contribution in [3.63, 3.8) is 0 Å². The first-order valence-corrected chi connectivity index (χ1v) is 5.66. The first-order valence-electron chi connectivity index (χ1n) is 4.09. The molecular formula is C9H6BrFN2OS. The molecular weight excluding hydrogens is 283 g/mol. The second kappa shape index (κ2) is 4.34. The molecule has 0 aliphatic heterocycles. The minimum Gasteiger partial charge on any atom is -0.383 e. The summed E-state index contributed by atoms with van der Waals surface area (Å²) in [6.07, 6.45) is 0.415. The van der Waals surface area contributed by atoms with E-state index in [0.717, 1.165) is 11.5 Å². The molecule has 1 aromatic heterocycles. The Hall–Kier alpha value is -0.850. The molecule has 0 aliphatic carbocycles. The van der Waals surface area contributed by atoms with Gasteiger partial charge in [0.25, 0.3) is 0 Å². The van der Waals surface area contributed by atoms with Crippen molar-refractivity contribution in [3.05, 3.63) is 45.1 Å². The van der Waals surface area contributed by atoms with E-state index in [-0.39, 0.29) is 5.56 Å². The van der Waals surface area contributed by atoms with Crippen molar-refractivity contribution in [2.75, 3.05) is 0 Å². The topological polar surface area (TPSA) is 46.0 Å². The van der Waals surface area contributed by atoms with Crippen LogP contribution in [0.3, 0.4) is 0 Å². The molecule has 2 aromatic rings. The molecule has 1 N–H and O–H groups in total. The lowest BCUT2D eigenvalue weighted by molar-refractivity contribution is 0.218. The standard InChI is InChI=1S/C9H6BrFN2OS/c10-6-3-1-2-5(8(6)11)9(14)7-4-12-13-15-7/h1-4,9,14H. The zero-order chi connectivity index (χ0) is 10.8. The predicted molar refractivity (Wildman–Crippen MR) is 58.1 cm³/mol. The minimum atomic E-state index is -1.01. The molecule has 0 radical (unpaired) electrons. The molecule has 0 saturated carbocycles. The molecule has 0 spiro atoms. The minimum absolute atomic E-state index is 0.218. The third-order valence-electron chi connectivity index (χ3n) is 1.92. The van der Waals surface area contributed by atoms with Crippen molar-refractivity contribution in [1.29, 1.82) is 0 Å². The molecule has 15 heavy (non-hydrogen) atoms. The highest BCUT2D eigenvalue weighted by atomic mass is 79.9. The normalized spacial score (nSPS) is 12.7. The maximum atomic E-state index is 13.6. The number of rotatable bonds is 2. The van der Waals surface area contributed by atoms with Crippen LogP contribution in [0.1, 0.15) is 16.5 Å². The van der Waals surface area contributed by atoms with Crippen molar-refractivity contribution >= 4 is 27.5 Å². The average Bonchev–Trinajstić information content (AvgIpc) is 2.74. The third-order valence-corrected chi connectivity index (χ3v) is 3.25. The highest BCUT2D eigenvalue weighted by Crippen LogP contribution is 2.28. The van der Waals surface area contributed by atoms with Crippen LogP contribution in [0.2, 0.25) is 0 Å². The van der Waals surface area contributed by atoms with Gasteiger partial charge in [0.15, 0.2) is 0 Å². The molecule has 78 valence electrons. The molecule has 1 aromatic carbocycles. The third kappa shape index (κ3) is 2.06. The van der Waals surface area contributed by atoms with Gasteiger partial charge in [-0.15, -0.1) is 5.10 Å². The number of nitrogens with zero attached hydrogens (tertiary/aromatic N) is 2. The zero-order valence-electron chi connectivity index (χ0n) is 7.39. The van der Waals surface area contributed by atoms with Crippen molar-refractivity contribution in [3.8, 4) is 0 Å². The SMILES string of the molecule is OC(c1cnns1)c1cccc(Br)c1F. The number of halogens is 2. The Morgan fingerprint density at radius 3 is 2.93 bits per heavy atom. The fraction of sp³-hybridized carbons (Fsp3) is 0.111. The summed E-state index contributed by atoms with van der Waals surface area (Å²) in [5.74, 6) is -0.460. The van der Waals surface area contributed by atoms with Crippen LogP contribution in [0.5, 0.6) is 0 Å². The monoisotopic (exact) mass is 288 g/mol. The largest absolute Gasteiger partial charge is 0.383 e. The van der Waals surface area contributed by atoms with E-state index in [1.165, 1.54) is 12.3 Å². The molecule has 0 aliphatic rings. The van der Waals surface area contributed by atoms with Gasteiger partial charge in [0, 0.05) is 5.56 Å². The van der Waals surface area contributed by atoms with Gasteiger partial charge in [-0.1, -0.05) is 16.6 Å². The summed E-state index contributed by atoms with van der Waals surface area (Å²) in [5.41, 5.74) is 0.218. The molecule has 0 bridgehead atoms. The van der Waals surface area contributed by atoms with E-state index in [1.54, 1.807) is 12.1 Å². The highest BCUT2D eigenvalue weighted by Gasteiger charge is 2.18. The van der Waals surface area contributed by atoms with Gasteiger partial charge in [-0.25, -0.2) is 4.39 Å². The van der Waals surface area contributed by atoms with Crippen molar-refractivity contribution < 1.29 is 9.50 Å². The summed E-state index contributed by atoms with van der Waals surface area (Å²) >= 11 is 4.11. The van der Waals surface area contributed by atoms with Gasteiger partial charge in [-0.3, -0.25) is 0 Å². The van der Waals surface area contributed by atoms with E-state index in [4.69, 9.17) is 0 Å². The lowest BCUT2D eigenvalue weighted by Gasteiger charge is -2.09. The van der Waals surface area contributed by atoms with Crippen LogP contribution in [0.4, 0.5) is 4.39 Å². The summed E-state index contributed by atoms with van der Waals surface area (Å²) < 4.78 is 17.5. The maximum Gasteiger partial charge on any atom is 0.143 e. The van der Waals surface area contributed by atoms with Gasteiger partial charge in [0.2, 0.25) is 0 Å². The molecule has 1 heterocycles. The first-order chi connectivity index (χ1) is 7.20. The smallest absolute Gasteiger partial charge is 0.143 e. The Morgan fingerprint density at radius 1 is 1.47 bits per heavy atom. The van der Waals surface area contributed by atoms with Crippen molar-refractivity contribution in [2.45, 2.75) is 6.10 Å². The van der Waals surface area contributed by atoms with Crippen LogP contribution in [0.25, 0.3) is 0 Å². The Morgan fingerprint density at radius 2 is 2.27 bits per heavy atom. The predicted octanol–water partition coefficient (Wildman–Crippen LogP) is 2.52. The number of benzene rings is 1. The Labute approximate surface area is 97.9 Å². The van der Waals surface area contributed by atoms with Crippen LogP contribution >= 0.6 is 27.5 Å². The van der Waals surface area contributed by atoms with E-state index in [0.29, 0.717) is 9.35 Å².